The summed E-state index contributed by atoms with van der Waals surface area (Å²) in [5.41, 5.74) is 0.743. The molecule has 0 heterocycles. The Bertz CT molecular complexity index is 518. The van der Waals surface area contributed by atoms with E-state index in [4.69, 9.17) is 0 Å². The van der Waals surface area contributed by atoms with Gasteiger partial charge in [0.25, 0.3) is 11.6 Å². The summed E-state index contributed by atoms with van der Waals surface area (Å²) < 4.78 is -0.0871. The van der Waals surface area contributed by atoms with Crippen LogP contribution in [0.1, 0.15) is 24.2 Å². The zero-order valence-electron chi connectivity index (χ0n) is 12.0. The zero-order chi connectivity index (χ0) is 15.3. The maximum absolute atomic E-state index is 12.2. The van der Waals surface area contributed by atoms with Crippen molar-refractivity contribution in [3.8, 4) is 0 Å². The second-order valence-corrected chi connectivity index (χ2v) is 6.40. The lowest BCUT2D eigenvalue weighted by Gasteiger charge is -2.22. The van der Waals surface area contributed by atoms with E-state index < -0.39 is 4.92 Å². The Morgan fingerprint density at radius 1 is 1.45 bits per heavy atom. The van der Waals surface area contributed by atoms with Gasteiger partial charge in [0.1, 0.15) is 0 Å². The molecule has 1 rings (SSSR count). The third-order valence-corrected chi connectivity index (χ3v) is 4.20. The second kappa shape index (κ2) is 6.60. The van der Waals surface area contributed by atoms with Gasteiger partial charge in [0.2, 0.25) is 0 Å². The first kappa shape index (κ1) is 16.3. The van der Waals surface area contributed by atoms with Gasteiger partial charge in [-0.2, -0.15) is 11.8 Å². The SMILES string of the molecule is CNc1ccc([N+](=O)[O-])cc1C(=O)NCC(C)(C)SC. The molecule has 0 bridgehead atoms. The molecule has 0 spiro atoms. The van der Waals surface area contributed by atoms with Crippen molar-refractivity contribution >= 4 is 29.0 Å². The number of nitro benzene ring substituents is 1. The third-order valence-electron chi connectivity index (χ3n) is 2.96. The highest BCUT2D eigenvalue weighted by molar-refractivity contribution is 7.99. The van der Waals surface area contributed by atoms with Gasteiger partial charge in [0.15, 0.2) is 0 Å². The van der Waals surface area contributed by atoms with Crippen molar-refractivity contribution in [2.45, 2.75) is 18.6 Å². The lowest BCUT2D eigenvalue weighted by Crippen LogP contribution is -2.36. The van der Waals surface area contributed by atoms with Gasteiger partial charge in [0.05, 0.1) is 10.5 Å². The highest BCUT2D eigenvalue weighted by Gasteiger charge is 2.20. The molecular formula is C13H19N3O3S. The number of nitrogens with zero attached hydrogens (tertiary/aromatic N) is 1. The number of carbonyl (C=O) groups excluding carboxylic acids is 1. The molecule has 6 nitrogen and oxygen atoms in total. The van der Waals surface area contributed by atoms with Crippen LogP contribution < -0.4 is 10.6 Å². The maximum Gasteiger partial charge on any atom is 0.270 e. The van der Waals surface area contributed by atoms with Crippen molar-refractivity contribution in [2.75, 3.05) is 25.2 Å². The number of amides is 1. The third kappa shape index (κ3) is 4.12. The maximum atomic E-state index is 12.2. The molecule has 0 aromatic heterocycles. The normalized spacial score (nSPS) is 11.0. The summed E-state index contributed by atoms with van der Waals surface area (Å²) in [5, 5.41) is 16.5. The second-order valence-electron chi connectivity index (χ2n) is 4.88. The number of anilines is 1. The van der Waals surface area contributed by atoms with Crippen LogP contribution >= 0.6 is 11.8 Å². The van der Waals surface area contributed by atoms with Gasteiger partial charge in [-0.05, 0) is 26.2 Å². The van der Waals surface area contributed by atoms with Crippen LogP contribution in [0, 0.1) is 10.1 Å². The molecule has 1 amide bonds. The van der Waals surface area contributed by atoms with Crippen molar-refractivity contribution in [3.05, 3.63) is 33.9 Å². The summed E-state index contributed by atoms with van der Waals surface area (Å²) in [6, 6.07) is 4.19. The summed E-state index contributed by atoms with van der Waals surface area (Å²) >= 11 is 1.64. The van der Waals surface area contributed by atoms with Crippen molar-refractivity contribution in [1.82, 2.24) is 5.32 Å². The van der Waals surface area contributed by atoms with E-state index in [0.29, 0.717) is 12.2 Å². The van der Waals surface area contributed by atoms with Gasteiger partial charge >= 0.3 is 0 Å². The fourth-order valence-electron chi connectivity index (χ4n) is 1.51. The average molecular weight is 297 g/mol. The molecule has 0 radical (unpaired) electrons. The Labute approximate surface area is 122 Å². The number of nitrogens with one attached hydrogen (secondary N) is 2. The minimum atomic E-state index is -0.512. The number of hydrogen-bond donors (Lipinski definition) is 2. The molecule has 0 saturated heterocycles. The van der Waals surface area contributed by atoms with E-state index in [2.05, 4.69) is 10.6 Å². The summed E-state index contributed by atoms with van der Waals surface area (Å²) in [4.78, 5) is 22.5. The van der Waals surface area contributed by atoms with E-state index in [1.807, 2.05) is 20.1 Å². The molecule has 0 atom stereocenters. The van der Waals surface area contributed by atoms with Crippen LogP contribution in [0.15, 0.2) is 18.2 Å². The first-order chi connectivity index (χ1) is 9.30. The fourth-order valence-corrected chi connectivity index (χ4v) is 1.73. The topological polar surface area (TPSA) is 84.3 Å². The number of carbonyl (C=O) groups is 1. The van der Waals surface area contributed by atoms with Gasteiger partial charge in [-0.25, -0.2) is 0 Å². The van der Waals surface area contributed by atoms with E-state index in [1.54, 1.807) is 18.8 Å². The minimum Gasteiger partial charge on any atom is -0.387 e. The number of nitro groups is 1. The molecule has 0 unspecified atom stereocenters. The summed E-state index contributed by atoms with van der Waals surface area (Å²) in [6.07, 6.45) is 1.97. The van der Waals surface area contributed by atoms with Crippen molar-refractivity contribution < 1.29 is 9.72 Å². The lowest BCUT2D eigenvalue weighted by atomic mass is 10.1. The highest BCUT2D eigenvalue weighted by atomic mass is 32.2. The van der Waals surface area contributed by atoms with Crippen LogP contribution in [0.4, 0.5) is 11.4 Å². The number of rotatable bonds is 6. The average Bonchev–Trinajstić information content (AvgIpc) is 2.44. The number of thioether (sulfide) groups is 1. The van der Waals surface area contributed by atoms with Gasteiger partial charge in [-0.3, -0.25) is 14.9 Å². The Balaban J connectivity index is 2.96. The number of non-ortho nitro benzene ring substituents is 1. The van der Waals surface area contributed by atoms with Gasteiger partial charge < -0.3 is 10.6 Å². The largest absolute Gasteiger partial charge is 0.387 e. The van der Waals surface area contributed by atoms with E-state index in [9.17, 15) is 14.9 Å². The molecule has 0 aliphatic carbocycles. The van der Waals surface area contributed by atoms with E-state index in [0.717, 1.165) is 0 Å². The van der Waals surface area contributed by atoms with E-state index in [1.165, 1.54) is 18.2 Å². The summed E-state index contributed by atoms with van der Waals surface area (Å²) in [5.74, 6) is -0.319. The van der Waals surface area contributed by atoms with Gasteiger partial charge in [0, 0.05) is 36.2 Å². The predicted molar refractivity (Wildman–Crippen MR) is 82.6 cm³/mol. The van der Waals surface area contributed by atoms with Crippen LogP contribution in [0.25, 0.3) is 0 Å². The minimum absolute atomic E-state index is 0.0871. The van der Waals surface area contributed by atoms with Crippen LogP contribution in [-0.4, -0.2) is 35.4 Å². The molecule has 110 valence electrons. The van der Waals surface area contributed by atoms with E-state index in [-0.39, 0.29) is 21.9 Å². The number of hydrogen-bond acceptors (Lipinski definition) is 5. The molecular weight excluding hydrogens is 278 g/mol. The quantitative estimate of drug-likeness (QED) is 0.622. The summed E-state index contributed by atoms with van der Waals surface area (Å²) in [6.45, 7) is 4.52. The summed E-state index contributed by atoms with van der Waals surface area (Å²) in [7, 11) is 1.67. The first-order valence-electron chi connectivity index (χ1n) is 6.10. The van der Waals surface area contributed by atoms with Crippen LogP contribution in [-0.2, 0) is 0 Å². The Morgan fingerprint density at radius 2 is 2.10 bits per heavy atom. The first-order valence-corrected chi connectivity index (χ1v) is 7.33. The smallest absolute Gasteiger partial charge is 0.270 e. The lowest BCUT2D eigenvalue weighted by molar-refractivity contribution is -0.384. The van der Waals surface area contributed by atoms with Crippen molar-refractivity contribution in [3.63, 3.8) is 0 Å². The highest BCUT2D eigenvalue weighted by Crippen LogP contribution is 2.23. The van der Waals surface area contributed by atoms with Crippen LogP contribution in [0.5, 0.6) is 0 Å². The standard InChI is InChI=1S/C13H19N3O3S/c1-13(2,20-4)8-15-12(17)10-7-9(16(18)19)5-6-11(10)14-3/h5-7,14H,8H2,1-4H3,(H,15,17). The molecule has 2 N–H and O–H groups in total. The van der Waals surface area contributed by atoms with Crippen molar-refractivity contribution in [1.29, 1.82) is 0 Å². The molecule has 20 heavy (non-hydrogen) atoms. The van der Waals surface area contributed by atoms with Gasteiger partial charge in [-0.15, -0.1) is 0 Å². The van der Waals surface area contributed by atoms with Crippen LogP contribution in [0.2, 0.25) is 0 Å². The zero-order valence-corrected chi connectivity index (χ0v) is 12.8. The van der Waals surface area contributed by atoms with Crippen molar-refractivity contribution in [2.24, 2.45) is 0 Å². The molecule has 0 fully saturated rings. The Morgan fingerprint density at radius 3 is 2.60 bits per heavy atom. The van der Waals surface area contributed by atoms with Gasteiger partial charge in [-0.1, -0.05) is 0 Å². The predicted octanol–water partition coefficient (Wildman–Crippen LogP) is 2.51. The molecule has 0 saturated carbocycles. The molecule has 7 heteroatoms. The molecule has 1 aromatic rings. The molecule has 0 aliphatic rings. The molecule has 0 aliphatic heterocycles. The Kier molecular flexibility index (Phi) is 5.38. The van der Waals surface area contributed by atoms with E-state index >= 15 is 0 Å². The fraction of sp³-hybridized carbons (Fsp3) is 0.462. The van der Waals surface area contributed by atoms with Crippen LogP contribution in [0.3, 0.4) is 0 Å². The monoisotopic (exact) mass is 297 g/mol. The Hall–Kier alpha value is -1.76. The molecule has 1 aromatic carbocycles. The number of benzene rings is 1.